The Bertz CT molecular complexity index is 1620. The minimum Gasteiger partial charge on any atom is -0.495 e. The first-order valence-electron chi connectivity index (χ1n) is 12.1. The van der Waals surface area contributed by atoms with Crippen LogP contribution in [-0.4, -0.2) is 44.4 Å². The van der Waals surface area contributed by atoms with E-state index in [1.54, 1.807) is 6.92 Å². The summed E-state index contributed by atoms with van der Waals surface area (Å²) in [5, 5.41) is 9.64. The van der Waals surface area contributed by atoms with E-state index < -0.39 is 50.3 Å². The SMILES string of the molecule is CCOc1c(C2=CCC(C(F)(F)F)CC2)ccc(-c2nc(S(=O)(=O)Nc3cc(F)c(C(=O)O)cc3OC)cs2)c1F. The molecule has 4 rings (SSSR count). The number of allylic oxidation sites excluding steroid dienone is 2. The van der Waals surface area contributed by atoms with Crippen LogP contribution in [-0.2, 0) is 10.0 Å². The van der Waals surface area contributed by atoms with Crippen molar-refractivity contribution in [1.82, 2.24) is 4.98 Å². The van der Waals surface area contributed by atoms with Gasteiger partial charge in [0.1, 0.15) is 16.6 Å². The number of hydrogen-bond acceptors (Lipinski definition) is 7. The Balaban J connectivity index is 1.65. The molecule has 1 heterocycles. The van der Waals surface area contributed by atoms with E-state index in [4.69, 9.17) is 14.6 Å². The molecule has 0 fully saturated rings. The highest BCUT2D eigenvalue weighted by Gasteiger charge is 2.40. The second kappa shape index (κ2) is 11.6. The molecule has 1 atom stereocenters. The molecule has 8 nitrogen and oxygen atoms in total. The third-order valence-electron chi connectivity index (χ3n) is 6.36. The number of thiazole rings is 1. The summed E-state index contributed by atoms with van der Waals surface area (Å²) in [6.45, 7) is 1.68. The molecule has 41 heavy (non-hydrogen) atoms. The third-order valence-corrected chi connectivity index (χ3v) is 8.63. The third kappa shape index (κ3) is 6.30. The zero-order valence-corrected chi connectivity index (χ0v) is 23.1. The molecule has 1 unspecified atom stereocenters. The number of carboxylic acids is 1. The van der Waals surface area contributed by atoms with Crippen LogP contribution in [0.3, 0.4) is 0 Å². The number of sulfonamides is 1. The van der Waals surface area contributed by atoms with E-state index in [1.165, 1.54) is 18.2 Å². The number of nitrogens with one attached hydrogen (secondary N) is 1. The van der Waals surface area contributed by atoms with Gasteiger partial charge in [-0.3, -0.25) is 4.72 Å². The lowest BCUT2D eigenvalue weighted by molar-refractivity contribution is -0.175. The van der Waals surface area contributed by atoms with Crippen LogP contribution < -0.4 is 14.2 Å². The lowest BCUT2D eigenvalue weighted by Crippen LogP contribution is -2.24. The van der Waals surface area contributed by atoms with Crippen molar-refractivity contribution in [2.75, 3.05) is 18.4 Å². The zero-order chi connectivity index (χ0) is 30.1. The molecule has 0 saturated carbocycles. The fraction of sp³-hybridized carbons (Fsp3) is 0.308. The topological polar surface area (TPSA) is 115 Å². The standard InChI is InChI=1S/C26H23F5N2O6S2/c1-3-39-23-15(13-4-6-14(7-5-13)26(29,30)31)8-9-16(22(23)28)24-32-21(12-40-24)41(36,37)33-19-11-18(27)17(25(34)35)10-20(19)38-2/h4,8-12,14,33H,3,5-7H2,1-2H3,(H,34,35). The van der Waals surface area contributed by atoms with Crippen LogP contribution in [0.5, 0.6) is 11.5 Å². The molecule has 0 bridgehead atoms. The number of anilines is 1. The van der Waals surface area contributed by atoms with Crippen LogP contribution >= 0.6 is 11.3 Å². The van der Waals surface area contributed by atoms with Crippen molar-refractivity contribution in [3.05, 3.63) is 58.5 Å². The number of ether oxygens (including phenoxy) is 2. The number of alkyl halides is 3. The first-order valence-corrected chi connectivity index (χ1v) is 14.4. The summed E-state index contributed by atoms with van der Waals surface area (Å²) in [6.07, 6.45) is -3.19. The van der Waals surface area contributed by atoms with Gasteiger partial charge >= 0.3 is 12.1 Å². The molecule has 2 N–H and O–H groups in total. The molecule has 0 spiro atoms. The van der Waals surface area contributed by atoms with Gasteiger partial charge in [-0.1, -0.05) is 12.1 Å². The van der Waals surface area contributed by atoms with Crippen molar-refractivity contribution >= 4 is 38.6 Å². The number of halogens is 5. The molecule has 0 aliphatic heterocycles. The van der Waals surface area contributed by atoms with Gasteiger partial charge in [0.2, 0.25) is 0 Å². The highest BCUT2D eigenvalue weighted by atomic mass is 32.2. The predicted molar refractivity (Wildman–Crippen MR) is 141 cm³/mol. The Kier molecular flexibility index (Phi) is 8.59. The summed E-state index contributed by atoms with van der Waals surface area (Å²) < 4.78 is 108. The van der Waals surface area contributed by atoms with Gasteiger partial charge in [-0.15, -0.1) is 11.3 Å². The van der Waals surface area contributed by atoms with Crippen molar-refractivity contribution in [2.45, 2.75) is 37.4 Å². The largest absolute Gasteiger partial charge is 0.495 e. The summed E-state index contributed by atoms with van der Waals surface area (Å²) in [5.74, 6) is -5.56. The lowest BCUT2D eigenvalue weighted by atomic mass is 9.85. The van der Waals surface area contributed by atoms with E-state index in [9.17, 15) is 30.8 Å². The second-order valence-electron chi connectivity index (χ2n) is 8.91. The number of aromatic carboxylic acids is 1. The van der Waals surface area contributed by atoms with Gasteiger partial charge in [-0.25, -0.2) is 18.6 Å². The minimum absolute atomic E-state index is 0.0375. The van der Waals surface area contributed by atoms with E-state index in [0.29, 0.717) is 17.2 Å². The molecule has 1 aliphatic carbocycles. The summed E-state index contributed by atoms with van der Waals surface area (Å²) in [5.41, 5.74) is -0.386. The fourth-order valence-corrected chi connectivity index (χ4v) is 6.48. The fourth-order valence-electron chi connectivity index (χ4n) is 4.30. The molecular weight excluding hydrogens is 595 g/mol. The van der Waals surface area contributed by atoms with E-state index in [2.05, 4.69) is 9.71 Å². The van der Waals surface area contributed by atoms with Crippen molar-refractivity contribution < 1.29 is 49.7 Å². The van der Waals surface area contributed by atoms with Crippen molar-refractivity contribution in [1.29, 1.82) is 0 Å². The van der Waals surface area contributed by atoms with Gasteiger partial charge in [0, 0.05) is 17.0 Å². The molecule has 15 heteroatoms. The van der Waals surface area contributed by atoms with Crippen molar-refractivity contribution in [2.24, 2.45) is 5.92 Å². The molecule has 1 aromatic heterocycles. The maximum atomic E-state index is 15.7. The Morgan fingerprint density at radius 2 is 1.93 bits per heavy atom. The van der Waals surface area contributed by atoms with Crippen LogP contribution in [0.2, 0.25) is 0 Å². The highest BCUT2D eigenvalue weighted by Crippen LogP contribution is 2.43. The van der Waals surface area contributed by atoms with E-state index in [0.717, 1.165) is 29.9 Å². The number of aromatic nitrogens is 1. The van der Waals surface area contributed by atoms with Crippen LogP contribution in [0.25, 0.3) is 16.1 Å². The Morgan fingerprint density at radius 3 is 2.51 bits per heavy atom. The highest BCUT2D eigenvalue weighted by molar-refractivity contribution is 7.92. The number of nitrogens with zero attached hydrogens (tertiary/aromatic N) is 1. The monoisotopic (exact) mass is 618 g/mol. The number of carbonyl (C=O) groups is 1. The van der Waals surface area contributed by atoms with Crippen LogP contribution in [0.4, 0.5) is 27.6 Å². The number of benzene rings is 2. The molecule has 0 radical (unpaired) electrons. The predicted octanol–water partition coefficient (Wildman–Crippen LogP) is 6.74. The van der Waals surface area contributed by atoms with Gasteiger partial charge < -0.3 is 14.6 Å². The normalized spacial score (nSPS) is 15.8. The Morgan fingerprint density at radius 1 is 1.22 bits per heavy atom. The van der Waals surface area contributed by atoms with Crippen LogP contribution in [0.15, 0.2) is 40.7 Å². The average Bonchev–Trinajstić information content (AvgIpc) is 3.40. The first kappa shape index (κ1) is 30.2. The number of hydrogen-bond donors (Lipinski definition) is 2. The molecule has 2 aromatic carbocycles. The Labute approximate surface area is 235 Å². The number of rotatable bonds is 9. The first-order chi connectivity index (χ1) is 19.3. The maximum Gasteiger partial charge on any atom is 0.392 e. The van der Waals surface area contributed by atoms with E-state index in [1.807, 2.05) is 0 Å². The zero-order valence-electron chi connectivity index (χ0n) is 21.5. The molecule has 0 amide bonds. The molecule has 1 aliphatic rings. The summed E-state index contributed by atoms with van der Waals surface area (Å²) >= 11 is 0.796. The average molecular weight is 619 g/mol. The Hall–Kier alpha value is -3.72. The van der Waals surface area contributed by atoms with E-state index in [-0.39, 0.29) is 53.6 Å². The number of methoxy groups -OCH3 is 1. The second-order valence-corrected chi connectivity index (χ2v) is 11.4. The van der Waals surface area contributed by atoms with E-state index >= 15 is 4.39 Å². The summed E-state index contributed by atoms with van der Waals surface area (Å²) in [4.78, 5) is 15.2. The summed E-state index contributed by atoms with van der Waals surface area (Å²) in [7, 11) is -3.32. The molecular formula is C26H23F5N2O6S2. The molecule has 220 valence electrons. The smallest absolute Gasteiger partial charge is 0.392 e. The van der Waals surface area contributed by atoms with Gasteiger partial charge in [-0.05, 0) is 43.9 Å². The van der Waals surface area contributed by atoms with Gasteiger partial charge in [-0.2, -0.15) is 21.6 Å². The minimum atomic E-state index is -4.46. The van der Waals surface area contributed by atoms with Crippen LogP contribution in [0, 0.1) is 17.6 Å². The maximum absolute atomic E-state index is 15.7. The van der Waals surface area contributed by atoms with Gasteiger partial charge in [0.15, 0.2) is 16.6 Å². The number of carboxylic acid groups (broad SMARTS) is 1. The van der Waals surface area contributed by atoms with Gasteiger partial charge in [0.05, 0.1) is 36.4 Å². The quantitative estimate of drug-likeness (QED) is 0.255. The summed E-state index contributed by atoms with van der Waals surface area (Å²) in [6, 6.07) is 4.31. The lowest BCUT2D eigenvalue weighted by Gasteiger charge is -2.25. The van der Waals surface area contributed by atoms with Crippen molar-refractivity contribution in [3.63, 3.8) is 0 Å². The molecule has 3 aromatic rings. The van der Waals surface area contributed by atoms with Crippen molar-refractivity contribution in [3.8, 4) is 22.1 Å². The van der Waals surface area contributed by atoms with Crippen LogP contribution in [0.1, 0.15) is 42.1 Å². The van der Waals surface area contributed by atoms with Gasteiger partial charge in [0.25, 0.3) is 10.0 Å². The molecule has 0 saturated heterocycles.